The van der Waals surface area contributed by atoms with Crippen molar-refractivity contribution < 1.29 is 0 Å². The van der Waals surface area contributed by atoms with Crippen molar-refractivity contribution in [2.75, 3.05) is 0 Å². The molecule has 0 amide bonds. The summed E-state index contributed by atoms with van der Waals surface area (Å²) in [5.74, 6) is 0. The molecule has 3 aromatic rings. The van der Waals surface area contributed by atoms with Crippen LogP contribution in [-0.4, -0.2) is 49.4 Å². The van der Waals surface area contributed by atoms with Crippen molar-refractivity contribution in [2.45, 2.75) is 0 Å². The number of benzene rings is 1. The van der Waals surface area contributed by atoms with Crippen LogP contribution in [0.2, 0.25) is 0 Å². The van der Waals surface area contributed by atoms with Gasteiger partial charge in [-0.3, -0.25) is 0 Å². The molecule has 0 saturated heterocycles. The first-order chi connectivity index (χ1) is 9.58. The average molecular weight is 396 g/mol. The van der Waals surface area contributed by atoms with E-state index in [4.69, 9.17) is 0 Å². The molecule has 1 aromatic carbocycles. The number of aryl methyl sites for hydroxylation is 2. The number of imidazole rings is 2. The Morgan fingerprint density at radius 2 is 1.20 bits per heavy atom. The van der Waals surface area contributed by atoms with Gasteiger partial charge in [0.2, 0.25) is 0 Å². The topological polar surface area (TPSA) is 19.7 Å². The van der Waals surface area contributed by atoms with E-state index in [0.717, 1.165) is 20.0 Å². The molecule has 3 rings (SSSR count). The zero-order valence-corrected chi connectivity index (χ0v) is 14.7. The second-order valence-corrected chi connectivity index (χ2v) is 6.18. The quantitative estimate of drug-likeness (QED) is 0.583. The van der Waals surface area contributed by atoms with E-state index in [0.29, 0.717) is 0 Å². The molecule has 4 nitrogen and oxygen atoms in total. The molecule has 0 saturated carbocycles. The van der Waals surface area contributed by atoms with Crippen molar-refractivity contribution in [1.29, 1.82) is 0 Å². The maximum absolute atomic E-state index is 3.10. The monoisotopic (exact) mass is 398 g/mol. The first-order valence-corrected chi connectivity index (χ1v) is 7.88. The molecule has 20 heavy (non-hydrogen) atoms. The molecule has 0 fully saturated rings. The van der Waals surface area contributed by atoms with Gasteiger partial charge in [-0.25, -0.2) is 0 Å². The normalized spacial score (nSPS) is 10.9. The van der Waals surface area contributed by atoms with E-state index in [-0.39, 0.29) is 0 Å². The molecule has 0 spiro atoms. The molecule has 0 aliphatic heterocycles. The number of aromatic nitrogens is 4. The van der Waals surface area contributed by atoms with Crippen LogP contribution in [0.1, 0.15) is 0 Å². The third-order valence-corrected chi connectivity index (χ3v) is 5.31. The molecule has 0 unspecified atom stereocenters. The number of nitrogens with zero attached hydrogens (tertiary/aromatic N) is 4. The van der Waals surface area contributed by atoms with Gasteiger partial charge in [0.1, 0.15) is 0 Å². The van der Waals surface area contributed by atoms with Crippen LogP contribution in [-0.2, 0) is 14.1 Å². The summed E-state index contributed by atoms with van der Waals surface area (Å²) in [4.78, 5) is 0. The van der Waals surface area contributed by atoms with E-state index in [1.165, 1.54) is 0 Å². The van der Waals surface area contributed by atoms with E-state index >= 15 is 0 Å². The zero-order valence-electron chi connectivity index (χ0n) is 11.2. The van der Waals surface area contributed by atoms with E-state index < -0.39 is 0 Å². The number of hydrogen-bond donors (Lipinski definition) is 0. The molecule has 0 atom stereocenters. The van der Waals surface area contributed by atoms with Crippen molar-refractivity contribution >= 4 is 31.2 Å². The third kappa shape index (κ3) is 2.25. The van der Waals surface area contributed by atoms with Crippen molar-refractivity contribution in [3.05, 3.63) is 57.7 Å². The second-order valence-electron chi connectivity index (χ2n) is 4.64. The van der Waals surface area contributed by atoms with Crippen molar-refractivity contribution in [3.63, 3.8) is 0 Å². The second kappa shape index (κ2) is 5.23. The van der Waals surface area contributed by atoms with Crippen LogP contribution in [0.25, 0.3) is 11.4 Å². The zero-order chi connectivity index (χ0) is 14.3. The summed E-state index contributed by atoms with van der Waals surface area (Å²) in [7, 11) is 4.05. The van der Waals surface area contributed by atoms with Crippen molar-refractivity contribution in [3.8, 4) is 11.4 Å². The van der Waals surface area contributed by atoms with Gasteiger partial charge >= 0.3 is 133 Å². The van der Waals surface area contributed by atoms with Gasteiger partial charge in [-0.2, -0.15) is 0 Å². The Balaban J connectivity index is 2.16. The molecule has 0 aliphatic rings. The first-order valence-electron chi connectivity index (χ1n) is 6.17. The average Bonchev–Trinajstić information content (AvgIpc) is 2.95. The van der Waals surface area contributed by atoms with Crippen LogP contribution >= 0.6 is 0 Å². The summed E-state index contributed by atoms with van der Waals surface area (Å²) < 4.78 is 10.5. The van der Waals surface area contributed by atoms with Crippen LogP contribution in [0.3, 0.4) is 0 Å². The van der Waals surface area contributed by atoms with E-state index in [1.54, 1.807) is 0 Å². The van der Waals surface area contributed by atoms with Gasteiger partial charge in [0.05, 0.1) is 0 Å². The molecule has 102 valence electrons. The molecule has 6 heteroatoms. The van der Waals surface area contributed by atoms with E-state index in [9.17, 15) is 0 Å². The SMILES string of the molecule is Cn1ccn(-c2cccc(-n3ccn(C)c3=[Se])c2)c1=[Se]. The Bertz CT molecular complexity index is 809. The fourth-order valence-electron chi connectivity index (χ4n) is 2.11. The maximum atomic E-state index is 3.10. The molecular weight excluding hydrogens is 382 g/mol. The third-order valence-electron chi connectivity index (χ3n) is 3.28. The van der Waals surface area contributed by atoms with Crippen LogP contribution in [0, 0.1) is 8.65 Å². The summed E-state index contributed by atoms with van der Waals surface area (Å²) in [6, 6.07) is 8.45. The Labute approximate surface area is 132 Å². The summed E-state index contributed by atoms with van der Waals surface area (Å²) in [6.45, 7) is 0. The summed E-state index contributed by atoms with van der Waals surface area (Å²) in [5.41, 5.74) is 2.26. The van der Waals surface area contributed by atoms with Crippen LogP contribution in [0.5, 0.6) is 0 Å². The fourth-order valence-corrected chi connectivity index (χ4v) is 3.07. The minimum absolute atomic E-state index is 1.07. The van der Waals surface area contributed by atoms with E-state index in [1.807, 2.05) is 26.5 Å². The first kappa shape index (κ1) is 13.7. The van der Waals surface area contributed by atoms with E-state index in [2.05, 4.69) is 86.1 Å². The molecule has 0 aliphatic carbocycles. The molecule has 2 aromatic heterocycles. The Morgan fingerprint density at radius 1 is 0.750 bits per heavy atom. The fraction of sp³-hybridized carbons (Fsp3) is 0.143. The van der Waals surface area contributed by atoms with Crippen LogP contribution in [0.4, 0.5) is 0 Å². The van der Waals surface area contributed by atoms with Crippen LogP contribution in [0.15, 0.2) is 49.1 Å². The molecule has 0 radical (unpaired) electrons. The predicted molar refractivity (Wildman–Crippen MR) is 81.0 cm³/mol. The van der Waals surface area contributed by atoms with Crippen molar-refractivity contribution in [1.82, 2.24) is 18.3 Å². The molecule has 2 heterocycles. The Kier molecular flexibility index (Phi) is 3.57. The number of rotatable bonds is 2. The molecule has 0 bridgehead atoms. The van der Waals surface area contributed by atoms with Crippen molar-refractivity contribution in [2.24, 2.45) is 14.1 Å². The Hall–Kier alpha value is -1.32. The standard InChI is InChI=1S/C14H14N4Se2/c1-15-6-8-17(13(15)19)11-4-3-5-12(10-11)18-9-7-16(2)14(18)20/h3-10H,1-2H3. The van der Waals surface area contributed by atoms with Gasteiger partial charge in [-0.15, -0.1) is 0 Å². The summed E-state index contributed by atoms with van der Waals surface area (Å²) in [5, 5.41) is 0. The van der Waals surface area contributed by atoms with Gasteiger partial charge in [0.25, 0.3) is 0 Å². The Morgan fingerprint density at radius 3 is 1.55 bits per heavy atom. The predicted octanol–water partition coefficient (Wildman–Crippen LogP) is 1.35. The summed E-state index contributed by atoms with van der Waals surface area (Å²) in [6.07, 6.45) is 8.18. The van der Waals surface area contributed by atoms with Gasteiger partial charge in [0.15, 0.2) is 0 Å². The van der Waals surface area contributed by atoms with Gasteiger partial charge in [0, 0.05) is 0 Å². The van der Waals surface area contributed by atoms with Gasteiger partial charge in [-0.05, 0) is 0 Å². The molecular formula is C14H14N4Se2. The van der Waals surface area contributed by atoms with Gasteiger partial charge in [-0.1, -0.05) is 0 Å². The number of hydrogen-bond acceptors (Lipinski definition) is 0. The molecule has 0 N–H and O–H groups in total. The van der Waals surface area contributed by atoms with Gasteiger partial charge < -0.3 is 0 Å². The summed E-state index contributed by atoms with van der Waals surface area (Å²) >= 11 is 6.20. The van der Waals surface area contributed by atoms with Crippen LogP contribution < -0.4 is 0 Å². The minimum atomic E-state index is 1.07.